The molecule has 0 saturated carbocycles. The molecule has 0 bridgehead atoms. The standard InChI is InChI=1S/C14H15NO3S2/c1-3-9-15(4-2)20(17,18)14-11-7-5-6-8-12(11)19-13(14)10-16/h1,5-8,16H,4,9-10H2,2H3. The number of thiophene rings is 1. The van der Waals surface area contributed by atoms with E-state index in [0.717, 1.165) is 4.70 Å². The zero-order chi connectivity index (χ0) is 14.8. The van der Waals surface area contributed by atoms with Crippen LogP contribution < -0.4 is 0 Å². The van der Waals surface area contributed by atoms with Gasteiger partial charge in [0, 0.05) is 16.6 Å². The smallest absolute Gasteiger partial charge is 0.245 e. The van der Waals surface area contributed by atoms with Crippen molar-refractivity contribution in [2.75, 3.05) is 13.1 Å². The predicted octanol–water partition coefficient (Wildman–Crippen LogP) is 2.04. The Morgan fingerprint density at radius 1 is 1.40 bits per heavy atom. The number of benzene rings is 1. The molecule has 0 spiro atoms. The van der Waals surface area contributed by atoms with Gasteiger partial charge in [-0.05, 0) is 6.07 Å². The summed E-state index contributed by atoms with van der Waals surface area (Å²) in [7, 11) is -3.70. The second-order valence-electron chi connectivity index (χ2n) is 4.14. The molecular weight excluding hydrogens is 294 g/mol. The SMILES string of the molecule is C#CCN(CC)S(=O)(=O)c1c(CO)sc2ccccc12. The van der Waals surface area contributed by atoms with Crippen LogP contribution in [0.3, 0.4) is 0 Å². The van der Waals surface area contributed by atoms with E-state index < -0.39 is 10.0 Å². The highest BCUT2D eigenvalue weighted by atomic mass is 32.2. The maximum Gasteiger partial charge on any atom is 0.245 e. The van der Waals surface area contributed by atoms with E-state index in [-0.39, 0.29) is 18.0 Å². The summed E-state index contributed by atoms with van der Waals surface area (Å²) < 4.78 is 27.5. The molecule has 0 amide bonds. The first-order chi connectivity index (χ1) is 9.56. The van der Waals surface area contributed by atoms with Crippen LogP contribution in [0.5, 0.6) is 0 Å². The van der Waals surface area contributed by atoms with Crippen molar-refractivity contribution in [1.82, 2.24) is 4.31 Å². The number of sulfonamides is 1. The summed E-state index contributed by atoms with van der Waals surface area (Å²) >= 11 is 1.29. The molecule has 2 rings (SSSR count). The minimum Gasteiger partial charge on any atom is -0.391 e. The van der Waals surface area contributed by atoms with E-state index in [9.17, 15) is 13.5 Å². The van der Waals surface area contributed by atoms with Crippen molar-refractivity contribution in [3.63, 3.8) is 0 Å². The van der Waals surface area contributed by atoms with E-state index in [1.807, 2.05) is 12.1 Å². The van der Waals surface area contributed by atoms with E-state index >= 15 is 0 Å². The third-order valence-corrected chi connectivity index (χ3v) is 6.31. The summed E-state index contributed by atoms with van der Waals surface area (Å²) in [5, 5.41) is 10.1. The first-order valence-electron chi connectivity index (χ1n) is 6.11. The van der Waals surface area contributed by atoms with Gasteiger partial charge in [0.1, 0.15) is 4.90 Å². The van der Waals surface area contributed by atoms with Crippen molar-refractivity contribution in [1.29, 1.82) is 0 Å². The number of hydrogen-bond acceptors (Lipinski definition) is 4. The highest BCUT2D eigenvalue weighted by Gasteiger charge is 2.29. The maximum atomic E-state index is 12.7. The monoisotopic (exact) mass is 309 g/mol. The summed E-state index contributed by atoms with van der Waals surface area (Å²) in [6.45, 7) is 1.75. The Kier molecular flexibility index (Phi) is 4.45. The average Bonchev–Trinajstić information content (AvgIpc) is 2.83. The molecule has 0 aliphatic rings. The van der Waals surface area contributed by atoms with Crippen LogP contribution >= 0.6 is 11.3 Å². The van der Waals surface area contributed by atoms with Crippen molar-refractivity contribution in [3.05, 3.63) is 29.1 Å². The third-order valence-electron chi connectivity index (χ3n) is 2.98. The molecular formula is C14H15NO3S2. The van der Waals surface area contributed by atoms with E-state index in [2.05, 4.69) is 5.92 Å². The molecule has 0 aliphatic carbocycles. The highest BCUT2D eigenvalue weighted by molar-refractivity contribution is 7.89. The largest absolute Gasteiger partial charge is 0.391 e. The van der Waals surface area contributed by atoms with Gasteiger partial charge in [-0.15, -0.1) is 17.8 Å². The molecule has 0 saturated heterocycles. The Morgan fingerprint density at radius 2 is 2.10 bits per heavy atom. The fraction of sp³-hybridized carbons (Fsp3) is 0.286. The lowest BCUT2D eigenvalue weighted by molar-refractivity contribution is 0.282. The summed E-state index contributed by atoms with van der Waals surface area (Å²) in [4.78, 5) is 0.624. The quantitative estimate of drug-likeness (QED) is 0.860. The zero-order valence-corrected chi connectivity index (χ0v) is 12.7. The van der Waals surface area contributed by atoms with Crippen LogP contribution in [0.25, 0.3) is 10.1 Å². The molecule has 0 aliphatic heterocycles. The normalized spacial score (nSPS) is 11.9. The first-order valence-corrected chi connectivity index (χ1v) is 8.36. The van der Waals surface area contributed by atoms with Crippen LogP contribution in [0.1, 0.15) is 11.8 Å². The van der Waals surface area contributed by atoms with E-state index in [1.54, 1.807) is 19.1 Å². The number of terminal acetylenes is 1. The van der Waals surface area contributed by atoms with Gasteiger partial charge in [0.15, 0.2) is 0 Å². The topological polar surface area (TPSA) is 57.6 Å². The van der Waals surface area contributed by atoms with Crippen LogP contribution in [-0.2, 0) is 16.6 Å². The van der Waals surface area contributed by atoms with Gasteiger partial charge in [0.2, 0.25) is 10.0 Å². The van der Waals surface area contributed by atoms with Crippen LogP contribution in [0, 0.1) is 12.3 Å². The number of rotatable bonds is 5. The van der Waals surface area contributed by atoms with Crippen LogP contribution in [0.2, 0.25) is 0 Å². The Morgan fingerprint density at radius 3 is 2.70 bits per heavy atom. The second-order valence-corrected chi connectivity index (χ2v) is 7.16. The van der Waals surface area contributed by atoms with Crippen molar-refractivity contribution in [2.45, 2.75) is 18.4 Å². The number of nitrogens with zero attached hydrogens (tertiary/aromatic N) is 1. The minimum atomic E-state index is -3.70. The highest BCUT2D eigenvalue weighted by Crippen LogP contribution is 2.36. The van der Waals surface area contributed by atoms with E-state index in [4.69, 9.17) is 6.42 Å². The molecule has 1 N–H and O–H groups in total. The van der Waals surface area contributed by atoms with Gasteiger partial charge in [-0.1, -0.05) is 31.0 Å². The Hall–Kier alpha value is -1.39. The predicted molar refractivity (Wildman–Crippen MR) is 81.0 cm³/mol. The molecule has 106 valence electrons. The van der Waals surface area contributed by atoms with E-state index in [1.165, 1.54) is 15.6 Å². The molecule has 2 aromatic rings. The average molecular weight is 309 g/mol. The van der Waals surface area contributed by atoms with Crippen molar-refractivity contribution in [3.8, 4) is 12.3 Å². The molecule has 0 unspecified atom stereocenters. The van der Waals surface area contributed by atoms with Crippen LogP contribution in [0.15, 0.2) is 29.2 Å². The molecule has 0 atom stereocenters. The first kappa shape index (κ1) is 15.0. The van der Waals surface area contributed by atoms with Gasteiger partial charge in [0.05, 0.1) is 18.0 Å². The summed E-state index contributed by atoms with van der Waals surface area (Å²) in [5.74, 6) is 2.36. The zero-order valence-electron chi connectivity index (χ0n) is 11.0. The molecule has 4 nitrogen and oxygen atoms in total. The van der Waals surface area contributed by atoms with Crippen molar-refractivity contribution < 1.29 is 13.5 Å². The summed E-state index contributed by atoms with van der Waals surface area (Å²) in [6.07, 6.45) is 5.24. The maximum absolute atomic E-state index is 12.7. The van der Waals surface area contributed by atoms with Gasteiger partial charge in [-0.2, -0.15) is 4.31 Å². The van der Waals surface area contributed by atoms with Gasteiger partial charge in [-0.3, -0.25) is 0 Å². The summed E-state index contributed by atoms with van der Waals surface area (Å²) in [5.41, 5.74) is 0. The molecule has 0 radical (unpaired) electrons. The third kappa shape index (κ3) is 2.45. The molecule has 0 fully saturated rings. The molecule has 1 aromatic carbocycles. The fourth-order valence-corrected chi connectivity index (χ4v) is 5.17. The second kappa shape index (κ2) is 5.94. The molecule has 1 aromatic heterocycles. The number of fused-ring (bicyclic) bond motifs is 1. The number of hydrogen-bond donors (Lipinski definition) is 1. The van der Waals surface area contributed by atoms with Crippen LogP contribution in [0.4, 0.5) is 0 Å². The number of aliphatic hydroxyl groups is 1. The minimum absolute atomic E-state index is 0.0217. The molecule has 1 heterocycles. The fourth-order valence-electron chi connectivity index (χ4n) is 2.06. The number of aliphatic hydroxyl groups excluding tert-OH is 1. The van der Waals surface area contributed by atoms with Crippen molar-refractivity contribution in [2.24, 2.45) is 0 Å². The van der Waals surface area contributed by atoms with Gasteiger partial charge < -0.3 is 5.11 Å². The lowest BCUT2D eigenvalue weighted by Crippen LogP contribution is -2.31. The van der Waals surface area contributed by atoms with Gasteiger partial charge in [0.25, 0.3) is 0 Å². The van der Waals surface area contributed by atoms with Crippen LogP contribution in [-0.4, -0.2) is 30.9 Å². The Bertz CT molecular complexity index is 756. The summed E-state index contributed by atoms with van der Waals surface area (Å²) in [6, 6.07) is 7.22. The molecule has 6 heteroatoms. The molecule has 20 heavy (non-hydrogen) atoms. The van der Waals surface area contributed by atoms with Gasteiger partial charge in [-0.25, -0.2) is 8.42 Å². The lowest BCUT2D eigenvalue weighted by Gasteiger charge is -2.18. The Balaban J connectivity index is 2.70. The van der Waals surface area contributed by atoms with Crippen molar-refractivity contribution >= 4 is 31.4 Å². The Labute approximate surface area is 122 Å². The lowest BCUT2D eigenvalue weighted by atomic mass is 10.2. The van der Waals surface area contributed by atoms with E-state index in [0.29, 0.717) is 16.8 Å². The van der Waals surface area contributed by atoms with Gasteiger partial charge >= 0.3 is 0 Å².